The first kappa shape index (κ1) is 16.7. The lowest BCUT2D eigenvalue weighted by Crippen LogP contribution is -2.48. The second kappa shape index (κ2) is 6.32. The first-order chi connectivity index (χ1) is 13.1. The fourth-order valence-electron chi connectivity index (χ4n) is 4.42. The van der Waals surface area contributed by atoms with Gasteiger partial charge in [0, 0.05) is 24.2 Å². The third kappa shape index (κ3) is 2.80. The van der Waals surface area contributed by atoms with E-state index in [-0.39, 0.29) is 12.1 Å². The van der Waals surface area contributed by atoms with E-state index in [1.807, 2.05) is 29.2 Å². The summed E-state index contributed by atoms with van der Waals surface area (Å²) in [6.45, 7) is 4.12. The van der Waals surface area contributed by atoms with Gasteiger partial charge in [0.2, 0.25) is 0 Å². The Hall–Kier alpha value is -2.44. The molecule has 0 saturated carbocycles. The quantitative estimate of drug-likeness (QED) is 0.681. The van der Waals surface area contributed by atoms with Crippen molar-refractivity contribution in [1.82, 2.24) is 9.88 Å². The maximum atomic E-state index is 13.2. The van der Waals surface area contributed by atoms with Gasteiger partial charge in [-0.2, -0.15) is 0 Å². The number of carbonyl (C=O) groups is 1. The first-order valence-electron chi connectivity index (χ1n) is 9.35. The Morgan fingerprint density at radius 1 is 1.26 bits per heavy atom. The molecule has 2 aliphatic heterocycles. The summed E-state index contributed by atoms with van der Waals surface area (Å²) in [4.78, 5) is 22.1. The molecule has 1 aromatic heterocycles. The van der Waals surface area contributed by atoms with Gasteiger partial charge in [0.25, 0.3) is 0 Å². The van der Waals surface area contributed by atoms with Gasteiger partial charge in [-0.15, -0.1) is 0 Å². The maximum absolute atomic E-state index is 13.2. The van der Waals surface area contributed by atoms with Gasteiger partial charge in [-0.1, -0.05) is 41.2 Å². The van der Waals surface area contributed by atoms with Crippen LogP contribution in [0.3, 0.4) is 0 Å². The fraction of sp³-hybridized carbons (Fsp3) is 0.333. The number of nitrogens with zero attached hydrogens (tertiary/aromatic N) is 3. The van der Waals surface area contributed by atoms with E-state index >= 15 is 0 Å². The van der Waals surface area contributed by atoms with Gasteiger partial charge in [0.1, 0.15) is 0 Å². The van der Waals surface area contributed by atoms with Crippen LogP contribution in [0.4, 0.5) is 15.6 Å². The van der Waals surface area contributed by atoms with E-state index < -0.39 is 0 Å². The molecule has 1 fully saturated rings. The number of carbonyl (C=O) groups excluding carboxylic acids is 1. The van der Waals surface area contributed by atoms with Crippen LogP contribution >= 0.6 is 11.3 Å². The number of aromatic nitrogens is 1. The lowest BCUT2D eigenvalue weighted by atomic mass is 9.89. The number of urea groups is 1. The molecule has 5 rings (SSSR count). The minimum Gasteiger partial charge on any atom is -0.306 e. The molecule has 0 bridgehead atoms. The molecule has 2 aromatic carbocycles. The van der Waals surface area contributed by atoms with Crippen molar-refractivity contribution in [2.24, 2.45) is 0 Å². The summed E-state index contributed by atoms with van der Waals surface area (Å²) in [6, 6.07) is 14.6. The zero-order chi connectivity index (χ0) is 18.5. The third-order valence-electron chi connectivity index (χ3n) is 5.68. The molecule has 2 atom stereocenters. The number of para-hydroxylation sites is 1. The summed E-state index contributed by atoms with van der Waals surface area (Å²) in [5, 5.41) is 3.71. The monoisotopic (exact) mass is 378 g/mol. The van der Waals surface area contributed by atoms with Crippen molar-refractivity contribution in [2.45, 2.75) is 25.3 Å². The molecule has 1 saturated heterocycles. The number of piperidine rings is 1. The zero-order valence-corrected chi connectivity index (χ0v) is 16.3. The van der Waals surface area contributed by atoms with Crippen molar-refractivity contribution in [3.63, 3.8) is 0 Å². The van der Waals surface area contributed by atoms with Crippen LogP contribution < -0.4 is 10.2 Å². The highest BCUT2D eigenvalue weighted by Gasteiger charge is 2.44. The molecule has 1 N–H and O–H groups in total. The number of anilines is 2. The number of rotatable bonds is 1. The molecule has 6 heteroatoms. The van der Waals surface area contributed by atoms with Gasteiger partial charge in [-0.25, -0.2) is 9.78 Å². The molecule has 2 unspecified atom stereocenters. The van der Waals surface area contributed by atoms with Gasteiger partial charge >= 0.3 is 6.03 Å². The molecular formula is C21H22N4OS. The van der Waals surface area contributed by atoms with Gasteiger partial charge < -0.3 is 4.90 Å². The van der Waals surface area contributed by atoms with E-state index in [2.05, 4.69) is 47.4 Å². The van der Waals surface area contributed by atoms with Crippen molar-refractivity contribution in [1.29, 1.82) is 0 Å². The molecule has 3 aromatic rings. The van der Waals surface area contributed by atoms with Crippen LogP contribution in [0.25, 0.3) is 10.2 Å². The number of hydrogen-bond donors (Lipinski definition) is 1. The van der Waals surface area contributed by atoms with Crippen LogP contribution in [-0.2, 0) is 0 Å². The average Bonchev–Trinajstić information content (AvgIpc) is 3.19. The van der Waals surface area contributed by atoms with Crippen molar-refractivity contribution >= 4 is 38.4 Å². The Morgan fingerprint density at radius 2 is 2.11 bits per heavy atom. The predicted molar refractivity (Wildman–Crippen MR) is 111 cm³/mol. The molecule has 0 radical (unpaired) electrons. The van der Waals surface area contributed by atoms with Gasteiger partial charge in [0.15, 0.2) is 5.13 Å². The van der Waals surface area contributed by atoms with E-state index in [0.717, 1.165) is 35.4 Å². The first-order valence-corrected chi connectivity index (χ1v) is 10.2. The second-order valence-electron chi connectivity index (χ2n) is 7.57. The van der Waals surface area contributed by atoms with Gasteiger partial charge in [-0.3, -0.25) is 10.2 Å². The van der Waals surface area contributed by atoms with E-state index in [1.165, 1.54) is 22.5 Å². The molecule has 5 nitrogen and oxygen atoms in total. The molecule has 27 heavy (non-hydrogen) atoms. The predicted octanol–water partition coefficient (Wildman–Crippen LogP) is 4.44. The number of likely N-dealkylation sites (tertiary alicyclic amines) is 1. The minimum absolute atomic E-state index is 0.0730. The van der Waals surface area contributed by atoms with Gasteiger partial charge in [-0.05, 0) is 50.7 Å². The van der Waals surface area contributed by atoms with E-state index in [0.29, 0.717) is 11.0 Å². The zero-order valence-electron chi connectivity index (χ0n) is 15.5. The molecule has 2 aliphatic rings. The van der Waals surface area contributed by atoms with E-state index in [1.54, 1.807) is 0 Å². The Labute approximate surface area is 162 Å². The molecule has 138 valence electrons. The summed E-state index contributed by atoms with van der Waals surface area (Å²) < 4.78 is 1.09. The van der Waals surface area contributed by atoms with Crippen LogP contribution in [0.2, 0.25) is 0 Å². The fourth-order valence-corrected chi connectivity index (χ4v) is 5.28. The molecule has 2 amide bonds. The summed E-state index contributed by atoms with van der Waals surface area (Å²) in [5.74, 6) is 0.375. The molecule has 3 heterocycles. The highest BCUT2D eigenvalue weighted by atomic mass is 32.1. The number of amides is 2. The average molecular weight is 379 g/mol. The Kier molecular flexibility index (Phi) is 3.91. The molecule has 0 spiro atoms. The summed E-state index contributed by atoms with van der Waals surface area (Å²) in [7, 11) is 2.16. The van der Waals surface area contributed by atoms with Crippen molar-refractivity contribution in [3.8, 4) is 0 Å². The SMILES string of the molecule is Cc1ccc2c(c1)C1CN(C)CCC1N2C(=O)Nc1nc2ccccc2s1. The Balaban J connectivity index is 1.48. The Morgan fingerprint density at radius 3 is 2.96 bits per heavy atom. The van der Waals surface area contributed by atoms with Crippen molar-refractivity contribution in [3.05, 3.63) is 53.6 Å². The molecule has 0 aliphatic carbocycles. The second-order valence-corrected chi connectivity index (χ2v) is 8.60. The largest absolute Gasteiger partial charge is 0.328 e. The highest BCUT2D eigenvalue weighted by Crippen LogP contribution is 2.45. The molecular weight excluding hydrogens is 356 g/mol. The maximum Gasteiger partial charge on any atom is 0.328 e. The van der Waals surface area contributed by atoms with Crippen molar-refractivity contribution < 1.29 is 4.79 Å². The van der Waals surface area contributed by atoms with E-state index in [4.69, 9.17) is 0 Å². The summed E-state index contributed by atoms with van der Waals surface area (Å²) in [6.07, 6.45) is 0.988. The number of fused-ring (bicyclic) bond motifs is 4. The topological polar surface area (TPSA) is 48.5 Å². The number of benzene rings is 2. The van der Waals surface area contributed by atoms with Crippen LogP contribution in [-0.4, -0.2) is 42.1 Å². The Bertz CT molecular complexity index is 997. The number of likely N-dealkylation sites (N-methyl/N-ethyl adjacent to an activating group) is 1. The number of thiazole rings is 1. The normalized spacial score (nSPS) is 21.9. The smallest absolute Gasteiger partial charge is 0.306 e. The van der Waals surface area contributed by atoms with Crippen LogP contribution in [0, 0.1) is 6.92 Å². The number of hydrogen-bond acceptors (Lipinski definition) is 4. The third-order valence-corrected chi connectivity index (χ3v) is 6.63. The summed E-state index contributed by atoms with van der Waals surface area (Å²) in [5.41, 5.74) is 4.51. The van der Waals surface area contributed by atoms with Crippen molar-refractivity contribution in [2.75, 3.05) is 30.4 Å². The number of nitrogens with one attached hydrogen (secondary N) is 1. The van der Waals surface area contributed by atoms with Crippen LogP contribution in [0.1, 0.15) is 23.5 Å². The lowest BCUT2D eigenvalue weighted by molar-refractivity contribution is 0.224. The van der Waals surface area contributed by atoms with Crippen LogP contribution in [0.15, 0.2) is 42.5 Å². The highest BCUT2D eigenvalue weighted by molar-refractivity contribution is 7.22. The number of aryl methyl sites for hydroxylation is 1. The van der Waals surface area contributed by atoms with E-state index in [9.17, 15) is 4.79 Å². The minimum atomic E-state index is -0.0730. The van der Waals surface area contributed by atoms with Gasteiger partial charge in [0.05, 0.1) is 10.2 Å². The standard InChI is InChI=1S/C21H22N4OS/c1-13-7-8-17-14(11-13)15-12-24(2)10-9-18(15)25(17)21(26)23-20-22-16-5-3-4-6-19(16)27-20/h3-8,11,15,18H,9-10,12H2,1-2H3,(H,22,23,26). The van der Waals surface area contributed by atoms with Crippen LogP contribution in [0.5, 0.6) is 0 Å². The lowest BCUT2D eigenvalue weighted by Gasteiger charge is -2.36. The summed E-state index contributed by atoms with van der Waals surface area (Å²) >= 11 is 1.52.